The molecule has 1 N–H and O–H groups in total. The zero-order valence-electron chi connectivity index (χ0n) is 10.7. The minimum atomic E-state index is 0.0969. The number of aromatic nitrogens is 1. The van der Waals surface area contributed by atoms with Crippen molar-refractivity contribution in [3.63, 3.8) is 0 Å². The fraction of sp³-hybridized carbons (Fsp3) is 0.312. The van der Waals surface area contributed by atoms with E-state index in [-0.39, 0.29) is 11.8 Å². The summed E-state index contributed by atoms with van der Waals surface area (Å²) in [6.45, 7) is 1.47. The van der Waals surface area contributed by atoms with Gasteiger partial charge in [-0.05, 0) is 35.6 Å². The fourth-order valence-corrected chi connectivity index (χ4v) is 2.62. The summed E-state index contributed by atoms with van der Waals surface area (Å²) in [5.74, 6) is 2.96. The fourth-order valence-electron chi connectivity index (χ4n) is 2.62. The molecule has 0 saturated carbocycles. The Labute approximate surface area is 112 Å². The topological polar surface area (TPSA) is 36.1 Å². The van der Waals surface area contributed by atoms with Crippen molar-refractivity contribution in [2.45, 2.75) is 12.8 Å². The smallest absolute Gasteiger partial charge is 0.223 e. The van der Waals surface area contributed by atoms with Crippen LogP contribution in [0, 0.1) is 18.3 Å². The van der Waals surface area contributed by atoms with Gasteiger partial charge in [0.25, 0.3) is 0 Å². The normalized spacial score (nSPS) is 19.0. The maximum atomic E-state index is 11.8. The summed E-state index contributed by atoms with van der Waals surface area (Å²) < 4.78 is 0. The van der Waals surface area contributed by atoms with Crippen LogP contribution in [0.4, 0.5) is 0 Å². The van der Waals surface area contributed by atoms with Crippen LogP contribution in [0.25, 0.3) is 10.9 Å². The lowest BCUT2D eigenvalue weighted by atomic mass is 10.1. The molecule has 1 fully saturated rings. The first-order valence-electron chi connectivity index (χ1n) is 6.56. The van der Waals surface area contributed by atoms with Gasteiger partial charge < -0.3 is 9.88 Å². The second-order valence-corrected chi connectivity index (χ2v) is 5.06. The van der Waals surface area contributed by atoms with E-state index in [1.165, 1.54) is 10.9 Å². The Morgan fingerprint density at radius 2 is 2.32 bits per heavy atom. The van der Waals surface area contributed by atoms with E-state index in [1.54, 1.807) is 0 Å². The van der Waals surface area contributed by atoms with Gasteiger partial charge in [-0.3, -0.25) is 4.79 Å². The quantitative estimate of drug-likeness (QED) is 0.835. The molecule has 1 aromatic carbocycles. The largest absolute Gasteiger partial charge is 0.361 e. The molecule has 19 heavy (non-hydrogen) atoms. The predicted molar refractivity (Wildman–Crippen MR) is 75.5 cm³/mol. The van der Waals surface area contributed by atoms with Crippen molar-refractivity contribution >= 4 is 16.8 Å². The molecule has 3 heteroatoms. The molecule has 1 saturated heterocycles. The van der Waals surface area contributed by atoms with E-state index in [1.807, 2.05) is 11.1 Å². The average molecular weight is 252 g/mol. The van der Waals surface area contributed by atoms with Gasteiger partial charge in [0, 0.05) is 37.1 Å². The Bertz CT molecular complexity index is 650. The zero-order valence-corrected chi connectivity index (χ0v) is 10.7. The van der Waals surface area contributed by atoms with Crippen LogP contribution < -0.4 is 0 Å². The molecule has 96 valence electrons. The van der Waals surface area contributed by atoms with Crippen LogP contribution in [0.2, 0.25) is 0 Å². The number of nitrogens with one attached hydrogen (secondary N) is 1. The zero-order chi connectivity index (χ0) is 13.2. The highest BCUT2D eigenvalue weighted by atomic mass is 16.2. The predicted octanol–water partition coefficient (Wildman–Crippen LogP) is 2.19. The number of H-pyrrole nitrogens is 1. The molecule has 2 aromatic rings. The maximum absolute atomic E-state index is 11.8. The number of amides is 1. The van der Waals surface area contributed by atoms with Gasteiger partial charge in [0.15, 0.2) is 0 Å². The summed E-state index contributed by atoms with van der Waals surface area (Å²) in [6, 6.07) is 8.43. The molecular weight excluding hydrogens is 236 g/mol. The first kappa shape index (κ1) is 11.9. The molecule has 3 nitrogen and oxygen atoms in total. The molecule has 1 amide bonds. The second-order valence-electron chi connectivity index (χ2n) is 5.06. The lowest BCUT2D eigenvalue weighted by Crippen LogP contribution is -2.27. The molecule has 1 unspecified atom stereocenters. The van der Waals surface area contributed by atoms with Crippen LogP contribution in [-0.2, 0) is 11.2 Å². The third-order valence-electron chi connectivity index (χ3n) is 3.74. The Kier molecular flexibility index (Phi) is 3.00. The molecule has 1 aliphatic rings. The first-order valence-corrected chi connectivity index (χ1v) is 6.56. The van der Waals surface area contributed by atoms with Gasteiger partial charge >= 0.3 is 0 Å². The van der Waals surface area contributed by atoms with E-state index in [9.17, 15) is 4.79 Å². The number of aromatic amines is 1. The van der Waals surface area contributed by atoms with Crippen molar-refractivity contribution in [1.82, 2.24) is 9.88 Å². The molecule has 0 bridgehead atoms. The van der Waals surface area contributed by atoms with E-state index in [0.29, 0.717) is 13.0 Å². The van der Waals surface area contributed by atoms with Crippen molar-refractivity contribution in [2.24, 2.45) is 5.92 Å². The van der Waals surface area contributed by atoms with E-state index < -0.39 is 0 Å². The molecule has 0 spiro atoms. The lowest BCUT2D eigenvalue weighted by Gasteiger charge is -2.15. The molecule has 1 atom stereocenters. The summed E-state index contributed by atoms with van der Waals surface area (Å²) in [6.07, 6.45) is 8.71. The van der Waals surface area contributed by atoms with Crippen LogP contribution >= 0.6 is 0 Å². The number of rotatable bonds is 3. The highest BCUT2D eigenvalue weighted by molar-refractivity contribution is 5.80. The second kappa shape index (κ2) is 4.81. The standard InChI is InChI=1S/C16H16N2O/c1-2-12-10-16(19)18(11-12)8-6-13-3-4-15-14(9-13)5-7-17-15/h1,3-5,7,9,12,17H,6,8,10-11H2. The Balaban J connectivity index is 1.66. The van der Waals surface area contributed by atoms with Crippen LogP contribution in [0.3, 0.4) is 0 Å². The van der Waals surface area contributed by atoms with Crippen LogP contribution in [0.1, 0.15) is 12.0 Å². The molecule has 1 aromatic heterocycles. The average Bonchev–Trinajstić information content (AvgIpc) is 3.02. The number of nitrogens with zero attached hydrogens (tertiary/aromatic N) is 1. The number of fused-ring (bicyclic) bond motifs is 1. The van der Waals surface area contributed by atoms with E-state index in [0.717, 1.165) is 18.5 Å². The van der Waals surface area contributed by atoms with E-state index in [4.69, 9.17) is 6.42 Å². The number of hydrogen-bond donors (Lipinski definition) is 1. The third-order valence-corrected chi connectivity index (χ3v) is 3.74. The van der Waals surface area contributed by atoms with E-state index in [2.05, 4.69) is 35.2 Å². The number of carbonyl (C=O) groups is 1. The molecule has 3 rings (SSSR count). The monoisotopic (exact) mass is 252 g/mol. The van der Waals surface area contributed by atoms with Crippen molar-refractivity contribution in [3.05, 3.63) is 36.0 Å². The minimum Gasteiger partial charge on any atom is -0.361 e. The summed E-state index contributed by atoms with van der Waals surface area (Å²) >= 11 is 0. The third kappa shape index (κ3) is 2.34. The van der Waals surface area contributed by atoms with Crippen molar-refractivity contribution in [2.75, 3.05) is 13.1 Å². The number of hydrogen-bond acceptors (Lipinski definition) is 1. The Hall–Kier alpha value is -2.21. The maximum Gasteiger partial charge on any atom is 0.223 e. The van der Waals surface area contributed by atoms with Crippen molar-refractivity contribution in [1.29, 1.82) is 0 Å². The molecule has 0 radical (unpaired) electrons. The summed E-state index contributed by atoms with van der Waals surface area (Å²) in [7, 11) is 0. The van der Waals surface area contributed by atoms with Gasteiger partial charge in [-0.2, -0.15) is 0 Å². The highest BCUT2D eigenvalue weighted by Gasteiger charge is 2.27. The van der Waals surface area contributed by atoms with E-state index >= 15 is 0 Å². The SMILES string of the molecule is C#CC1CC(=O)N(CCc2ccc3[nH]ccc3c2)C1. The summed E-state index contributed by atoms with van der Waals surface area (Å²) in [5, 5.41) is 1.21. The van der Waals surface area contributed by atoms with Gasteiger partial charge in [-0.15, -0.1) is 12.3 Å². The van der Waals surface area contributed by atoms with Crippen molar-refractivity contribution < 1.29 is 4.79 Å². The van der Waals surface area contributed by atoms with Gasteiger partial charge in [0.1, 0.15) is 0 Å². The first-order chi connectivity index (χ1) is 9.26. The number of benzene rings is 1. The lowest BCUT2D eigenvalue weighted by molar-refractivity contribution is -0.127. The van der Waals surface area contributed by atoms with Crippen LogP contribution in [0.5, 0.6) is 0 Å². The number of terminal acetylenes is 1. The van der Waals surface area contributed by atoms with Gasteiger partial charge in [0.05, 0.1) is 0 Å². The molecular formula is C16H16N2O. The Morgan fingerprint density at radius 1 is 1.42 bits per heavy atom. The van der Waals surface area contributed by atoms with Gasteiger partial charge in [0.2, 0.25) is 5.91 Å². The highest BCUT2D eigenvalue weighted by Crippen LogP contribution is 2.19. The summed E-state index contributed by atoms with van der Waals surface area (Å²) in [4.78, 5) is 16.8. The van der Waals surface area contributed by atoms with Crippen LogP contribution in [-0.4, -0.2) is 28.9 Å². The molecule has 2 heterocycles. The van der Waals surface area contributed by atoms with Crippen LogP contribution in [0.15, 0.2) is 30.5 Å². The minimum absolute atomic E-state index is 0.0969. The van der Waals surface area contributed by atoms with Gasteiger partial charge in [-0.1, -0.05) is 6.07 Å². The Morgan fingerprint density at radius 3 is 3.11 bits per heavy atom. The molecule has 1 aliphatic heterocycles. The van der Waals surface area contributed by atoms with Crippen molar-refractivity contribution in [3.8, 4) is 12.3 Å². The number of likely N-dealkylation sites (tertiary alicyclic amines) is 1. The summed E-state index contributed by atoms with van der Waals surface area (Å²) in [5.41, 5.74) is 2.40. The van der Waals surface area contributed by atoms with Gasteiger partial charge in [-0.25, -0.2) is 0 Å². The molecule has 0 aliphatic carbocycles. The number of carbonyl (C=O) groups excluding carboxylic acids is 1.